The molecule has 0 heterocycles. The van der Waals surface area contributed by atoms with Crippen LogP contribution < -0.4 is 15.4 Å². The van der Waals surface area contributed by atoms with Gasteiger partial charge in [-0.1, -0.05) is 29.8 Å². The quantitative estimate of drug-likeness (QED) is 0.735. The van der Waals surface area contributed by atoms with Gasteiger partial charge >= 0.3 is 0 Å². The molecule has 28 heavy (non-hydrogen) atoms. The Bertz CT molecular complexity index is 808. The first-order valence-corrected chi connectivity index (χ1v) is 9.24. The van der Waals surface area contributed by atoms with Gasteiger partial charge in [0.2, 0.25) is 11.8 Å². The summed E-state index contributed by atoms with van der Waals surface area (Å²) in [5.74, 6) is 0.509. The molecule has 0 aliphatic rings. The van der Waals surface area contributed by atoms with Crippen molar-refractivity contribution in [3.8, 4) is 5.75 Å². The van der Waals surface area contributed by atoms with E-state index >= 15 is 0 Å². The summed E-state index contributed by atoms with van der Waals surface area (Å²) >= 11 is 0. The van der Waals surface area contributed by atoms with E-state index in [2.05, 4.69) is 10.6 Å². The van der Waals surface area contributed by atoms with Crippen LogP contribution in [-0.4, -0.2) is 44.0 Å². The van der Waals surface area contributed by atoms with Crippen LogP contribution >= 0.6 is 0 Å². The normalized spacial score (nSPS) is 10.6. The summed E-state index contributed by atoms with van der Waals surface area (Å²) in [7, 11) is 3.37. The highest BCUT2D eigenvalue weighted by molar-refractivity contribution is 5.94. The lowest BCUT2D eigenvalue weighted by molar-refractivity contribution is -0.123. The van der Waals surface area contributed by atoms with Crippen molar-refractivity contribution in [1.82, 2.24) is 10.2 Å². The van der Waals surface area contributed by atoms with E-state index in [1.807, 2.05) is 57.2 Å². The standard InChI is InChI=1S/C22H29N3O3/c1-15-10-16(2)22(17(3)11-15)24-21(27)14-25(4)13-20(26)23-12-18-6-8-19(28-5)9-7-18/h6-11H,12-14H2,1-5H3,(H,23,26)(H,24,27). The van der Waals surface area contributed by atoms with E-state index in [4.69, 9.17) is 4.74 Å². The zero-order valence-corrected chi connectivity index (χ0v) is 17.3. The van der Waals surface area contributed by atoms with Crippen molar-refractivity contribution in [2.75, 3.05) is 32.6 Å². The number of methoxy groups -OCH3 is 1. The van der Waals surface area contributed by atoms with Crippen molar-refractivity contribution < 1.29 is 14.3 Å². The number of ether oxygens (including phenoxy) is 1. The van der Waals surface area contributed by atoms with E-state index in [0.717, 1.165) is 28.1 Å². The summed E-state index contributed by atoms with van der Waals surface area (Å²) < 4.78 is 5.12. The first-order valence-electron chi connectivity index (χ1n) is 9.24. The number of hydrogen-bond donors (Lipinski definition) is 2. The summed E-state index contributed by atoms with van der Waals surface area (Å²) in [5, 5.41) is 5.82. The average molecular weight is 383 g/mol. The lowest BCUT2D eigenvalue weighted by Crippen LogP contribution is -2.38. The predicted molar refractivity (Wildman–Crippen MR) is 112 cm³/mol. The molecule has 0 aliphatic heterocycles. The Morgan fingerprint density at radius 2 is 1.54 bits per heavy atom. The molecule has 0 unspecified atom stereocenters. The van der Waals surface area contributed by atoms with Gasteiger partial charge in [-0.25, -0.2) is 0 Å². The largest absolute Gasteiger partial charge is 0.497 e. The number of carbonyl (C=O) groups is 2. The number of carbonyl (C=O) groups excluding carboxylic acids is 2. The molecule has 0 saturated carbocycles. The second kappa shape index (κ2) is 9.90. The fourth-order valence-electron chi connectivity index (χ4n) is 3.10. The van der Waals surface area contributed by atoms with Crippen LogP contribution in [0.1, 0.15) is 22.3 Å². The number of anilines is 1. The van der Waals surface area contributed by atoms with Gasteiger partial charge in [0.1, 0.15) is 5.75 Å². The molecule has 0 bridgehead atoms. The number of nitrogens with zero attached hydrogens (tertiary/aromatic N) is 1. The number of likely N-dealkylation sites (N-methyl/N-ethyl adjacent to an activating group) is 1. The summed E-state index contributed by atoms with van der Waals surface area (Å²) in [6.07, 6.45) is 0. The summed E-state index contributed by atoms with van der Waals surface area (Å²) in [4.78, 5) is 26.2. The Kier molecular flexibility index (Phi) is 7.58. The van der Waals surface area contributed by atoms with E-state index in [-0.39, 0.29) is 24.9 Å². The maximum atomic E-state index is 12.3. The minimum absolute atomic E-state index is 0.131. The van der Waals surface area contributed by atoms with Crippen LogP contribution in [0.4, 0.5) is 5.69 Å². The molecule has 2 rings (SSSR count). The van der Waals surface area contributed by atoms with Crippen molar-refractivity contribution in [3.05, 3.63) is 58.7 Å². The Hall–Kier alpha value is -2.86. The van der Waals surface area contributed by atoms with Gasteiger partial charge in [0.25, 0.3) is 0 Å². The summed E-state index contributed by atoms with van der Waals surface area (Å²) in [6.45, 7) is 6.71. The van der Waals surface area contributed by atoms with E-state index in [0.29, 0.717) is 6.54 Å². The Labute approximate surface area is 166 Å². The molecule has 2 aromatic rings. The molecule has 0 aliphatic carbocycles. The maximum absolute atomic E-state index is 12.3. The van der Waals surface area contributed by atoms with Crippen molar-refractivity contribution >= 4 is 17.5 Å². The van der Waals surface area contributed by atoms with Crippen LogP contribution in [0.15, 0.2) is 36.4 Å². The maximum Gasteiger partial charge on any atom is 0.238 e. The van der Waals surface area contributed by atoms with Crippen molar-refractivity contribution in [1.29, 1.82) is 0 Å². The molecule has 2 amide bonds. The van der Waals surface area contributed by atoms with Gasteiger partial charge in [0, 0.05) is 12.2 Å². The molecule has 0 saturated heterocycles. The summed E-state index contributed by atoms with van der Waals surface area (Å²) in [5.41, 5.74) is 5.06. The molecular formula is C22H29N3O3. The predicted octanol–water partition coefficient (Wildman–Crippen LogP) is 2.81. The van der Waals surface area contributed by atoms with Crippen molar-refractivity contribution in [2.45, 2.75) is 27.3 Å². The van der Waals surface area contributed by atoms with E-state index in [1.54, 1.807) is 19.1 Å². The van der Waals surface area contributed by atoms with E-state index in [1.165, 1.54) is 5.56 Å². The molecule has 2 N–H and O–H groups in total. The average Bonchev–Trinajstić information content (AvgIpc) is 2.63. The van der Waals surface area contributed by atoms with Crippen molar-refractivity contribution in [3.63, 3.8) is 0 Å². The van der Waals surface area contributed by atoms with E-state index < -0.39 is 0 Å². The van der Waals surface area contributed by atoms with Crippen LogP contribution in [0.25, 0.3) is 0 Å². The monoisotopic (exact) mass is 383 g/mol. The molecule has 0 radical (unpaired) electrons. The molecule has 0 aromatic heterocycles. The van der Waals surface area contributed by atoms with Crippen LogP contribution in [-0.2, 0) is 16.1 Å². The third-order valence-electron chi connectivity index (χ3n) is 4.42. The minimum Gasteiger partial charge on any atom is -0.497 e. The topological polar surface area (TPSA) is 70.7 Å². The molecule has 6 heteroatoms. The Balaban J connectivity index is 1.79. The highest BCUT2D eigenvalue weighted by Gasteiger charge is 2.13. The number of rotatable bonds is 8. The first kappa shape index (κ1) is 21.4. The lowest BCUT2D eigenvalue weighted by atomic mass is 10.1. The van der Waals surface area contributed by atoms with Gasteiger partial charge in [-0.3, -0.25) is 14.5 Å². The fraction of sp³-hybridized carbons (Fsp3) is 0.364. The number of hydrogen-bond acceptors (Lipinski definition) is 4. The van der Waals surface area contributed by atoms with Gasteiger partial charge in [-0.2, -0.15) is 0 Å². The molecule has 0 atom stereocenters. The molecule has 2 aromatic carbocycles. The second-order valence-corrected chi connectivity index (χ2v) is 7.12. The van der Waals surface area contributed by atoms with Crippen LogP contribution in [0.5, 0.6) is 5.75 Å². The molecule has 0 fully saturated rings. The fourth-order valence-corrected chi connectivity index (χ4v) is 3.10. The molecule has 150 valence electrons. The number of amides is 2. The molecular weight excluding hydrogens is 354 g/mol. The third-order valence-corrected chi connectivity index (χ3v) is 4.42. The Morgan fingerprint density at radius 1 is 0.964 bits per heavy atom. The highest BCUT2D eigenvalue weighted by Crippen LogP contribution is 2.21. The Morgan fingerprint density at radius 3 is 2.11 bits per heavy atom. The smallest absolute Gasteiger partial charge is 0.238 e. The minimum atomic E-state index is -0.138. The highest BCUT2D eigenvalue weighted by atomic mass is 16.5. The van der Waals surface area contributed by atoms with Crippen molar-refractivity contribution in [2.24, 2.45) is 0 Å². The molecule has 0 spiro atoms. The first-order chi connectivity index (χ1) is 13.3. The van der Waals surface area contributed by atoms with Gasteiger partial charge in [0.15, 0.2) is 0 Å². The molecule has 6 nitrogen and oxygen atoms in total. The number of benzene rings is 2. The zero-order chi connectivity index (χ0) is 20.7. The number of nitrogens with one attached hydrogen (secondary N) is 2. The number of aryl methyl sites for hydroxylation is 3. The van der Waals surface area contributed by atoms with Gasteiger partial charge in [-0.05, 0) is 56.6 Å². The zero-order valence-electron chi connectivity index (χ0n) is 17.3. The van der Waals surface area contributed by atoms with Gasteiger partial charge < -0.3 is 15.4 Å². The van der Waals surface area contributed by atoms with Gasteiger partial charge in [-0.15, -0.1) is 0 Å². The third kappa shape index (κ3) is 6.39. The lowest BCUT2D eigenvalue weighted by Gasteiger charge is -2.18. The van der Waals surface area contributed by atoms with Crippen LogP contribution in [0.3, 0.4) is 0 Å². The van der Waals surface area contributed by atoms with Crippen LogP contribution in [0, 0.1) is 20.8 Å². The SMILES string of the molecule is COc1ccc(CNC(=O)CN(C)CC(=O)Nc2c(C)cc(C)cc2C)cc1. The second-order valence-electron chi connectivity index (χ2n) is 7.12. The summed E-state index contributed by atoms with van der Waals surface area (Å²) in [6, 6.07) is 11.6. The van der Waals surface area contributed by atoms with Gasteiger partial charge in [0.05, 0.1) is 20.2 Å². The van der Waals surface area contributed by atoms with E-state index in [9.17, 15) is 9.59 Å². The van der Waals surface area contributed by atoms with Crippen LogP contribution in [0.2, 0.25) is 0 Å².